The van der Waals surface area contributed by atoms with Gasteiger partial charge in [-0.05, 0) is 12.1 Å². The van der Waals surface area contributed by atoms with Crippen molar-refractivity contribution in [2.45, 2.75) is 19.8 Å². The predicted molar refractivity (Wildman–Crippen MR) is 57.1 cm³/mol. The highest BCUT2D eigenvalue weighted by Gasteiger charge is 2.21. The molecule has 0 radical (unpaired) electrons. The number of hydrogen-bond donors (Lipinski definition) is 1. The lowest BCUT2D eigenvalue weighted by atomic mass is 10.3. The second-order valence-corrected chi connectivity index (χ2v) is 3.49. The Bertz CT molecular complexity index is 365. The van der Waals surface area contributed by atoms with Crippen molar-refractivity contribution >= 4 is 5.91 Å². The molecule has 1 aromatic heterocycles. The molecule has 0 aliphatic rings. The van der Waals surface area contributed by atoms with Gasteiger partial charge in [0, 0.05) is 13.0 Å². The number of aryl methyl sites for hydroxylation is 1. The molecule has 1 heterocycles. The zero-order valence-corrected chi connectivity index (χ0v) is 9.53. The fraction of sp³-hybridized carbons (Fsp3) is 0.545. The molecule has 6 heteroatoms. The molecule has 4 nitrogen and oxygen atoms in total. The van der Waals surface area contributed by atoms with Crippen LogP contribution >= 0.6 is 0 Å². The summed E-state index contributed by atoms with van der Waals surface area (Å²) in [5, 5.41) is 8.73. The molecular weight excluding hydrogens is 232 g/mol. The van der Waals surface area contributed by atoms with E-state index in [0.717, 1.165) is 4.90 Å². The number of halogens is 2. The van der Waals surface area contributed by atoms with Gasteiger partial charge in [0.2, 0.25) is 0 Å². The Hall–Kier alpha value is -1.43. The third kappa shape index (κ3) is 3.81. The van der Waals surface area contributed by atoms with Crippen molar-refractivity contribution in [3.63, 3.8) is 0 Å². The van der Waals surface area contributed by atoms with E-state index >= 15 is 0 Å². The van der Waals surface area contributed by atoms with Crippen molar-refractivity contribution in [2.75, 3.05) is 19.7 Å². The standard InChI is InChI=1S/C11H15F2NO3/c1-2-8-3-4-9(17-8)11(16)14(5-6-15)7-10(12)13/h3-4,10,15H,2,5-7H2,1H3. The number of furan rings is 1. The first-order chi connectivity index (χ1) is 8.08. The van der Waals surface area contributed by atoms with Crippen LogP contribution in [0.4, 0.5) is 8.78 Å². The van der Waals surface area contributed by atoms with Gasteiger partial charge in [0.15, 0.2) is 5.76 Å². The van der Waals surface area contributed by atoms with Crippen LogP contribution in [0, 0.1) is 0 Å². The second kappa shape index (κ2) is 6.34. The molecule has 0 saturated heterocycles. The van der Waals surface area contributed by atoms with Gasteiger partial charge in [0.25, 0.3) is 12.3 Å². The highest BCUT2D eigenvalue weighted by Crippen LogP contribution is 2.12. The van der Waals surface area contributed by atoms with Crippen LogP contribution in [0.5, 0.6) is 0 Å². The molecule has 1 aromatic rings. The maximum atomic E-state index is 12.2. The van der Waals surface area contributed by atoms with Crippen LogP contribution in [0.3, 0.4) is 0 Å². The molecule has 0 unspecified atom stereocenters. The molecule has 0 saturated carbocycles. The number of carbonyl (C=O) groups excluding carboxylic acids is 1. The molecule has 1 N–H and O–H groups in total. The molecule has 0 aliphatic heterocycles. The topological polar surface area (TPSA) is 53.7 Å². The van der Waals surface area contributed by atoms with Crippen molar-refractivity contribution in [1.29, 1.82) is 0 Å². The van der Waals surface area contributed by atoms with Crippen molar-refractivity contribution in [2.24, 2.45) is 0 Å². The Labute approximate surface area is 97.8 Å². The number of hydrogen-bond acceptors (Lipinski definition) is 3. The summed E-state index contributed by atoms with van der Waals surface area (Å²) in [4.78, 5) is 12.7. The smallest absolute Gasteiger partial charge is 0.289 e. The van der Waals surface area contributed by atoms with Crippen molar-refractivity contribution < 1.29 is 23.1 Å². The van der Waals surface area contributed by atoms with E-state index < -0.39 is 18.9 Å². The lowest BCUT2D eigenvalue weighted by Crippen LogP contribution is -2.37. The van der Waals surface area contributed by atoms with E-state index in [0.29, 0.717) is 12.2 Å². The first-order valence-corrected chi connectivity index (χ1v) is 5.35. The minimum absolute atomic E-state index is 0.0240. The molecule has 17 heavy (non-hydrogen) atoms. The number of alkyl halides is 2. The van der Waals surface area contributed by atoms with Gasteiger partial charge in [-0.15, -0.1) is 0 Å². The summed E-state index contributed by atoms with van der Waals surface area (Å²) in [6.07, 6.45) is -2.01. The highest BCUT2D eigenvalue weighted by atomic mass is 19.3. The lowest BCUT2D eigenvalue weighted by Gasteiger charge is -2.19. The number of aliphatic hydroxyl groups excluding tert-OH is 1. The van der Waals surface area contributed by atoms with Gasteiger partial charge < -0.3 is 14.4 Å². The van der Waals surface area contributed by atoms with E-state index in [1.807, 2.05) is 6.92 Å². The van der Waals surface area contributed by atoms with Crippen LogP contribution in [0.25, 0.3) is 0 Å². The zero-order chi connectivity index (χ0) is 12.8. The number of amides is 1. The minimum atomic E-state index is -2.63. The van der Waals surface area contributed by atoms with Crippen molar-refractivity contribution in [3.8, 4) is 0 Å². The third-order valence-corrected chi connectivity index (χ3v) is 2.24. The monoisotopic (exact) mass is 247 g/mol. The lowest BCUT2D eigenvalue weighted by molar-refractivity contribution is 0.0482. The Morgan fingerprint density at radius 3 is 2.71 bits per heavy atom. The fourth-order valence-corrected chi connectivity index (χ4v) is 1.40. The Kier molecular flexibility index (Phi) is 5.09. The maximum Gasteiger partial charge on any atom is 0.289 e. The third-order valence-electron chi connectivity index (χ3n) is 2.24. The minimum Gasteiger partial charge on any atom is -0.456 e. The molecule has 1 amide bonds. The van der Waals surface area contributed by atoms with Gasteiger partial charge in [-0.3, -0.25) is 4.79 Å². The van der Waals surface area contributed by atoms with E-state index in [2.05, 4.69) is 0 Å². The quantitative estimate of drug-likeness (QED) is 0.829. The molecular formula is C11H15F2NO3. The highest BCUT2D eigenvalue weighted by molar-refractivity contribution is 5.91. The van der Waals surface area contributed by atoms with Crippen LogP contribution in [-0.4, -0.2) is 42.0 Å². The molecule has 0 bridgehead atoms. The molecule has 0 aliphatic carbocycles. The molecule has 0 spiro atoms. The summed E-state index contributed by atoms with van der Waals surface area (Å²) < 4.78 is 29.7. The van der Waals surface area contributed by atoms with Crippen LogP contribution in [0.2, 0.25) is 0 Å². The van der Waals surface area contributed by atoms with E-state index in [-0.39, 0.29) is 18.9 Å². The molecule has 1 rings (SSSR count). The van der Waals surface area contributed by atoms with Crippen LogP contribution < -0.4 is 0 Å². The summed E-state index contributed by atoms with van der Waals surface area (Å²) in [5.74, 6) is 0.0179. The zero-order valence-electron chi connectivity index (χ0n) is 9.53. The number of carbonyl (C=O) groups is 1. The van der Waals surface area contributed by atoms with Gasteiger partial charge in [-0.2, -0.15) is 0 Å². The average molecular weight is 247 g/mol. The summed E-state index contributed by atoms with van der Waals surface area (Å²) in [5.41, 5.74) is 0. The first-order valence-electron chi connectivity index (χ1n) is 5.35. The van der Waals surface area contributed by atoms with Gasteiger partial charge in [-0.25, -0.2) is 8.78 Å². The van der Waals surface area contributed by atoms with E-state index in [1.165, 1.54) is 6.07 Å². The van der Waals surface area contributed by atoms with E-state index in [9.17, 15) is 13.6 Å². The van der Waals surface area contributed by atoms with Gasteiger partial charge in [0.05, 0.1) is 13.2 Å². The Morgan fingerprint density at radius 1 is 1.53 bits per heavy atom. The number of rotatable bonds is 6. The SMILES string of the molecule is CCc1ccc(C(=O)N(CCO)CC(F)F)o1. The maximum absolute atomic E-state index is 12.2. The Morgan fingerprint density at radius 2 is 2.24 bits per heavy atom. The van der Waals surface area contributed by atoms with Crippen LogP contribution in [-0.2, 0) is 6.42 Å². The molecule has 96 valence electrons. The molecule has 0 fully saturated rings. The van der Waals surface area contributed by atoms with Crippen LogP contribution in [0.1, 0.15) is 23.2 Å². The first kappa shape index (κ1) is 13.6. The largest absolute Gasteiger partial charge is 0.456 e. The summed E-state index contributed by atoms with van der Waals surface area (Å²) >= 11 is 0. The molecule has 0 aromatic carbocycles. The summed E-state index contributed by atoms with van der Waals surface area (Å²) in [7, 11) is 0. The van der Waals surface area contributed by atoms with Crippen LogP contribution in [0.15, 0.2) is 16.5 Å². The average Bonchev–Trinajstić information content (AvgIpc) is 2.75. The number of nitrogens with zero attached hydrogens (tertiary/aromatic N) is 1. The fourth-order valence-electron chi connectivity index (χ4n) is 1.40. The summed E-state index contributed by atoms with van der Waals surface area (Å²) in [6, 6.07) is 3.09. The predicted octanol–water partition coefficient (Wildman–Crippen LogP) is 1.54. The van der Waals surface area contributed by atoms with Crippen molar-refractivity contribution in [1.82, 2.24) is 4.90 Å². The van der Waals surface area contributed by atoms with E-state index in [4.69, 9.17) is 9.52 Å². The van der Waals surface area contributed by atoms with Gasteiger partial charge >= 0.3 is 0 Å². The van der Waals surface area contributed by atoms with Gasteiger partial charge in [-0.1, -0.05) is 6.92 Å². The van der Waals surface area contributed by atoms with E-state index in [1.54, 1.807) is 6.07 Å². The van der Waals surface area contributed by atoms with Crippen molar-refractivity contribution in [3.05, 3.63) is 23.7 Å². The normalized spacial score (nSPS) is 10.9. The second-order valence-electron chi connectivity index (χ2n) is 3.49. The Balaban J connectivity index is 2.75. The molecule has 0 atom stereocenters. The number of aliphatic hydroxyl groups is 1. The summed E-state index contributed by atoms with van der Waals surface area (Å²) in [6.45, 7) is 0.657. The van der Waals surface area contributed by atoms with Gasteiger partial charge in [0.1, 0.15) is 5.76 Å².